The Labute approximate surface area is 194 Å². The fourth-order valence-corrected chi connectivity index (χ4v) is 2.85. The van der Waals surface area contributed by atoms with Gasteiger partial charge in [0.25, 0.3) is 0 Å². The largest absolute Gasteiger partial charge is 0.444 e. The van der Waals surface area contributed by atoms with Gasteiger partial charge in [-0.3, -0.25) is 9.79 Å². The number of halogens is 2. The van der Waals surface area contributed by atoms with Crippen LogP contribution in [0.15, 0.2) is 39.9 Å². The van der Waals surface area contributed by atoms with Crippen LogP contribution in [-0.4, -0.2) is 66.4 Å². The number of carbonyl (C=O) groups is 1. The minimum atomic E-state index is -0.297. The number of carbonyl (C=O) groups excluding carboxylic acids is 1. The lowest BCUT2D eigenvalue weighted by atomic mass is 10.2. The number of likely N-dealkylation sites (N-methyl/N-ethyl adjacent to an activating group) is 2. The fourth-order valence-electron chi connectivity index (χ4n) is 2.85. The maximum Gasteiger partial charge on any atom is 0.242 e. The maximum atomic E-state index is 13.0. The number of hydrogen-bond donors (Lipinski definition) is 1. The van der Waals surface area contributed by atoms with E-state index in [0.717, 1.165) is 11.3 Å². The first kappa shape index (κ1) is 25.9. The first-order valence-electron chi connectivity index (χ1n) is 9.96. The predicted molar refractivity (Wildman–Crippen MR) is 128 cm³/mol. The van der Waals surface area contributed by atoms with Gasteiger partial charge < -0.3 is 19.5 Å². The van der Waals surface area contributed by atoms with Crippen LogP contribution in [0, 0.1) is 5.82 Å². The van der Waals surface area contributed by atoms with Crippen molar-refractivity contribution in [3.63, 3.8) is 0 Å². The quantitative estimate of drug-likeness (QED) is 0.305. The van der Waals surface area contributed by atoms with Gasteiger partial charge in [-0.05, 0) is 45.0 Å². The van der Waals surface area contributed by atoms with Gasteiger partial charge in [0.15, 0.2) is 5.96 Å². The number of guanidine groups is 1. The lowest BCUT2D eigenvalue weighted by molar-refractivity contribution is -0.131. The molecule has 0 aliphatic rings. The summed E-state index contributed by atoms with van der Waals surface area (Å²) in [6, 6.07) is 6.02. The molecule has 9 heteroatoms. The number of amides is 1. The fraction of sp³-hybridized carbons (Fsp3) is 0.476. The Morgan fingerprint density at radius 2 is 1.87 bits per heavy atom. The van der Waals surface area contributed by atoms with Crippen LogP contribution < -0.4 is 5.32 Å². The topological polar surface area (TPSA) is 74.0 Å². The highest BCUT2D eigenvalue weighted by atomic mass is 127. The van der Waals surface area contributed by atoms with Crippen LogP contribution in [-0.2, 0) is 11.2 Å². The predicted octanol–water partition coefficient (Wildman–Crippen LogP) is 3.41. The van der Waals surface area contributed by atoms with Gasteiger partial charge in [0, 0.05) is 45.2 Å². The molecule has 166 valence electrons. The molecular weight excluding hydrogens is 500 g/mol. The van der Waals surface area contributed by atoms with Crippen molar-refractivity contribution in [1.82, 2.24) is 20.1 Å². The van der Waals surface area contributed by atoms with E-state index < -0.39 is 0 Å². The van der Waals surface area contributed by atoms with Crippen molar-refractivity contribution in [3.8, 4) is 11.5 Å². The van der Waals surface area contributed by atoms with Gasteiger partial charge >= 0.3 is 0 Å². The second-order valence-corrected chi connectivity index (χ2v) is 6.56. The van der Waals surface area contributed by atoms with Crippen LogP contribution in [0.4, 0.5) is 4.39 Å². The van der Waals surface area contributed by atoms with E-state index in [0.29, 0.717) is 44.5 Å². The molecular formula is C21H31FIN5O2. The Balaban J connectivity index is 0.00000450. The molecule has 0 aliphatic heterocycles. The zero-order valence-electron chi connectivity index (χ0n) is 18.0. The molecule has 2 rings (SSSR count). The van der Waals surface area contributed by atoms with Crippen molar-refractivity contribution >= 4 is 35.8 Å². The van der Waals surface area contributed by atoms with Crippen molar-refractivity contribution in [3.05, 3.63) is 42.0 Å². The summed E-state index contributed by atoms with van der Waals surface area (Å²) in [6.45, 7) is 8.80. The van der Waals surface area contributed by atoms with Crippen LogP contribution in [0.25, 0.3) is 11.5 Å². The van der Waals surface area contributed by atoms with Gasteiger partial charge in [-0.1, -0.05) is 0 Å². The molecule has 0 aliphatic carbocycles. The molecule has 1 aromatic heterocycles. The van der Waals surface area contributed by atoms with Crippen molar-refractivity contribution in [2.24, 2.45) is 4.99 Å². The van der Waals surface area contributed by atoms with E-state index in [1.54, 1.807) is 23.3 Å². The second-order valence-electron chi connectivity index (χ2n) is 6.56. The van der Waals surface area contributed by atoms with Crippen molar-refractivity contribution in [2.75, 3.05) is 39.8 Å². The molecule has 1 heterocycles. The van der Waals surface area contributed by atoms with E-state index >= 15 is 0 Å². The maximum absolute atomic E-state index is 13.0. The van der Waals surface area contributed by atoms with E-state index in [1.807, 2.05) is 32.7 Å². The van der Waals surface area contributed by atoms with E-state index in [4.69, 9.17) is 4.42 Å². The minimum Gasteiger partial charge on any atom is -0.444 e. The number of benzene rings is 1. The molecule has 0 saturated carbocycles. The second kappa shape index (κ2) is 13.2. The summed E-state index contributed by atoms with van der Waals surface area (Å²) in [4.78, 5) is 25.0. The third-order valence-corrected chi connectivity index (χ3v) is 4.46. The Morgan fingerprint density at radius 3 is 2.47 bits per heavy atom. The number of nitrogens with one attached hydrogen (secondary N) is 1. The van der Waals surface area contributed by atoms with Crippen LogP contribution in [0.1, 0.15) is 26.5 Å². The van der Waals surface area contributed by atoms with Gasteiger partial charge in [-0.15, -0.1) is 24.0 Å². The number of aliphatic imine (C=N–C) groups is 1. The van der Waals surface area contributed by atoms with Gasteiger partial charge in [0.1, 0.15) is 12.1 Å². The zero-order valence-corrected chi connectivity index (χ0v) is 20.4. The summed E-state index contributed by atoms with van der Waals surface area (Å²) in [5.41, 5.74) is 1.50. The first-order chi connectivity index (χ1) is 14.0. The highest BCUT2D eigenvalue weighted by Crippen LogP contribution is 2.19. The molecule has 2 aromatic rings. The summed E-state index contributed by atoms with van der Waals surface area (Å²) in [7, 11) is 1.85. The number of hydrogen-bond acceptors (Lipinski definition) is 4. The van der Waals surface area contributed by atoms with Gasteiger partial charge in [-0.25, -0.2) is 9.37 Å². The molecule has 1 aromatic carbocycles. The van der Waals surface area contributed by atoms with Crippen molar-refractivity contribution in [1.29, 1.82) is 0 Å². The van der Waals surface area contributed by atoms with E-state index in [1.165, 1.54) is 12.1 Å². The summed E-state index contributed by atoms with van der Waals surface area (Å²) in [5, 5.41) is 3.21. The SMILES string of the molecule is CCNC(=NCCc1coc(-c2ccc(F)cc2)n1)N(C)CC(=O)N(CC)CC.I. The van der Waals surface area contributed by atoms with Crippen LogP contribution in [0.3, 0.4) is 0 Å². The summed E-state index contributed by atoms with van der Waals surface area (Å²) < 4.78 is 18.5. The van der Waals surface area contributed by atoms with Gasteiger partial charge in [-0.2, -0.15) is 0 Å². The number of oxazole rings is 1. The molecule has 7 nitrogen and oxygen atoms in total. The monoisotopic (exact) mass is 531 g/mol. The standard InChI is InChI=1S/C21H30FN5O2.HI/c1-5-23-21(26(4)14-19(28)27(6-2)7-3)24-13-12-18-15-29-20(25-18)16-8-10-17(22)11-9-16;/h8-11,15H,5-7,12-14H2,1-4H3,(H,23,24);1H. The average Bonchev–Trinajstić information content (AvgIpc) is 3.17. The van der Waals surface area contributed by atoms with E-state index in [-0.39, 0.29) is 42.2 Å². The molecule has 0 atom stereocenters. The zero-order chi connectivity index (χ0) is 21.2. The molecule has 0 bridgehead atoms. The van der Waals surface area contributed by atoms with Gasteiger partial charge in [0.05, 0.1) is 12.2 Å². The molecule has 30 heavy (non-hydrogen) atoms. The lowest BCUT2D eigenvalue weighted by Gasteiger charge is -2.25. The molecule has 1 N–H and O–H groups in total. The average molecular weight is 531 g/mol. The molecule has 0 saturated heterocycles. The molecule has 0 spiro atoms. The molecule has 0 radical (unpaired) electrons. The third kappa shape index (κ3) is 7.58. The van der Waals surface area contributed by atoms with Crippen LogP contribution in [0.2, 0.25) is 0 Å². The first-order valence-corrected chi connectivity index (χ1v) is 9.96. The third-order valence-electron chi connectivity index (χ3n) is 4.46. The van der Waals surface area contributed by atoms with Gasteiger partial charge in [0.2, 0.25) is 11.8 Å². The molecule has 0 unspecified atom stereocenters. The number of aromatic nitrogens is 1. The lowest BCUT2D eigenvalue weighted by Crippen LogP contribution is -2.45. The number of nitrogens with zero attached hydrogens (tertiary/aromatic N) is 4. The molecule has 1 amide bonds. The normalized spacial score (nSPS) is 11.0. The smallest absolute Gasteiger partial charge is 0.242 e. The highest BCUT2D eigenvalue weighted by molar-refractivity contribution is 14.0. The highest BCUT2D eigenvalue weighted by Gasteiger charge is 2.15. The van der Waals surface area contributed by atoms with Crippen LogP contribution in [0.5, 0.6) is 0 Å². The Kier molecular flexibility index (Phi) is 11.4. The Hall–Kier alpha value is -2.17. The minimum absolute atomic E-state index is 0. The van der Waals surface area contributed by atoms with E-state index in [9.17, 15) is 9.18 Å². The van der Waals surface area contributed by atoms with Crippen molar-refractivity contribution < 1.29 is 13.6 Å². The molecule has 0 fully saturated rings. The Morgan fingerprint density at radius 1 is 1.20 bits per heavy atom. The Bertz CT molecular complexity index is 806. The summed E-state index contributed by atoms with van der Waals surface area (Å²) in [6.07, 6.45) is 2.19. The summed E-state index contributed by atoms with van der Waals surface area (Å²) in [5.74, 6) is 0.908. The van der Waals surface area contributed by atoms with E-state index in [2.05, 4.69) is 15.3 Å². The van der Waals surface area contributed by atoms with Crippen molar-refractivity contribution in [2.45, 2.75) is 27.2 Å². The number of rotatable bonds is 9. The summed E-state index contributed by atoms with van der Waals surface area (Å²) >= 11 is 0. The van der Waals surface area contributed by atoms with Crippen LogP contribution >= 0.6 is 24.0 Å².